The van der Waals surface area contributed by atoms with Gasteiger partial charge in [0, 0.05) is 12.2 Å². The molecule has 0 spiro atoms. The number of rotatable bonds is 4. The lowest BCUT2D eigenvalue weighted by atomic mass is 10.1. The maximum Gasteiger partial charge on any atom is 0.318 e. The van der Waals surface area contributed by atoms with Crippen LogP contribution >= 0.6 is 0 Å². The van der Waals surface area contributed by atoms with Crippen LogP contribution in [0.25, 0.3) is 0 Å². The first-order chi connectivity index (χ1) is 13.2. The van der Waals surface area contributed by atoms with Gasteiger partial charge < -0.3 is 29.3 Å². The van der Waals surface area contributed by atoms with Crippen LogP contribution in [0.4, 0.5) is 4.79 Å². The largest absolute Gasteiger partial charge is 0.491 e. The second-order valence-electron chi connectivity index (χ2n) is 6.58. The SMILES string of the molecule is O=C(NCc1noc(C2CCCO2)n1)N1CCOc2ccc(CO)cc2C1. The van der Waals surface area contributed by atoms with Gasteiger partial charge in [-0.15, -0.1) is 0 Å². The highest BCUT2D eigenvalue weighted by atomic mass is 16.5. The number of carbonyl (C=O) groups is 1. The van der Waals surface area contributed by atoms with E-state index in [0.717, 1.165) is 29.7 Å². The maximum atomic E-state index is 12.6. The minimum Gasteiger partial charge on any atom is -0.491 e. The van der Waals surface area contributed by atoms with Crippen LogP contribution in [0.5, 0.6) is 5.75 Å². The van der Waals surface area contributed by atoms with Crippen LogP contribution in [-0.4, -0.2) is 45.9 Å². The molecule has 1 aromatic heterocycles. The Bertz CT molecular complexity index is 803. The molecule has 1 fully saturated rings. The van der Waals surface area contributed by atoms with Crippen molar-refractivity contribution in [2.75, 3.05) is 19.8 Å². The summed E-state index contributed by atoms with van der Waals surface area (Å²) in [6, 6.07) is 5.27. The van der Waals surface area contributed by atoms with Gasteiger partial charge in [-0.3, -0.25) is 0 Å². The molecule has 1 aromatic carbocycles. The molecule has 1 saturated heterocycles. The lowest BCUT2D eigenvalue weighted by molar-refractivity contribution is 0.0835. The van der Waals surface area contributed by atoms with Crippen molar-refractivity contribution in [1.82, 2.24) is 20.4 Å². The molecular formula is C18H22N4O5. The van der Waals surface area contributed by atoms with Gasteiger partial charge >= 0.3 is 6.03 Å². The first-order valence-electron chi connectivity index (χ1n) is 9.05. The molecule has 2 aliphatic rings. The summed E-state index contributed by atoms with van der Waals surface area (Å²) in [6.45, 7) is 2.10. The molecule has 4 rings (SSSR count). The van der Waals surface area contributed by atoms with E-state index in [-0.39, 0.29) is 25.3 Å². The number of nitrogens with one attached hydrogen (secondary N) is 1. The molecule has 1 unspecified atom stereocenters. The molecule has 0 saturated carbocycles. The first-order valence-corrected chi connectivity index (χ1v) is 9.05. The third-order valence-electron chi connectivity index (χ3n) is 4.66. The molecular weight excluding hydrogens is 352 g/mol. The van der Waals surface area contributed by atoms with E-state index in [2.05, 4.69) is 15.5 Å². The number of benzene rings is 1. The van der Waals surface area contributed by atoms with Crippen LogP contribution in [-0.2, 0) is 24.4 Å². The van der Waals surface area contributed by atoms with Gasteiger partial charge in [0.1, 0.15) is 18.5 Å². The third-order valence-corrected chi connectivity index (χ3v) is 4.66. The molecule has 9 nitrogen and oxygen atoms in total. The summed E-state index contributed by atoms with van der Waals surface area (Å²) >= 11 is 0. The smallest absolute Gasteiger partial charge is 0.318 e. The summed E-state index contributed by atoms with van der Waals surface area (Å²) < 4.78 is 16.4. The number of ether oxygens (including phenoxy) is 2. The molecule has 2 N–H and O–H groups in total. The van der Waals surface area contributed by atoms with Gasteiger partial charge in [-0.2, -0.15) is 4.98 Å². The number of nitrogens with zero attached hydrogens (tertiary/aromatic N) is 3. The van der Waals surface area contributed by atoms with Crippen molar-refractivity contribution in [3.05, 3.63) is 41.0 Å². The van der Waals surface area contributed by atoms with Gasteiger partial charge in [0.25, 0.3) is 5.89 Å². The van der Waals surface area contributed by atoms with Gasteiger partial charge in [0.05, 0.1) is 26.2 Å². The van der Waals surface area contributed by atoms with Crippen LogP contribution in [0.2, 0.25) is 0 Å². The molecule has 9 heteroatoms. The Kier molecular flexibility index (Phi) is 5.21. The molecule has 2 aromatic rings. The van der Waals surface area contributed by atoms with Gasteiger partial charge in [-0.25, -0.2) is 4.79 Å². The Morgan fingerprint density at radius 1 is 1.37 bits per heavy atom. The summed E-state index contributed by atoms with van der Waals surface area (Å²) in [6.07, 6.45) is 1.72. The number of aromatic nitrogens is 2. The Morgan fingerprint density at radius 3 is 3.11 bits per heavy atom. The van der Waals surface area contributed by atoms with Crippen molar-refractivity contribution in [3.8, 4) is 5.75 Å². The molecule has 2 aliphatic heterocycles. The van der Waals surface area contributed by atoms with Crippen molar-refractivity contribution in [1.29, 1.82) is 0 Å². The van der Waals surface area contributed by atoms with Gasteiger partial charge in [-0.05, 0) is 30.5 Å². The summed E-state index contributed by atoms with van der Waals surface area (Å²) in [5.41, 5.74) is 1.66. The average Bonchev–Trinajstić information content (AvgIpc) is 3.33. The summed E-state index contributed by atoms with van der Waals surface area (Å²) in [4.78, 5) is 18.5. The second kappa shape index (κ2) is 7.93. The lowest BCUT2D eigenvalue weighted by Crippen LogP contribution is -2.40. The summed E-state index contributed by atoms with van der Waals surface area (Å²) in [7, 11) is 0. The van der Waals surface area contributed by atoms with E-state index < -0.39 is 0 Å². The van der Waals surface area contributed by atoms with E-state index >= 15 is 0 Å². The number of urea groups is 1. The van der Waals surface area contributed by atoms with Crippen LogP contribution in [0.3, 0.4) is 0 Å². The highest BCUT2D eigenvalue weighted by Gasteiger charge is 2.24. The number of amides is 2. The molecule has 0 aliphatic carbocycles. The molecule has 2 amide bonds. The Hall–Kier alpha value is -2.65. The van der Waals surface area contributed by atoms with E-state index in [1.54, 1.807) is 4.90 Å². The highest BCUT2D eigenvalue weighted by Crippen LogP contribution is 2.27. The van der Waals surface area contributed by atoms with Crippen molar-refractivity contribution in [2.24, 2.45) is 0 Å². The zero-order valence-corrected chi connectivity index (χ0v) is 14.9. The number of aliphatic hydroxyl groups excluding tert-OH is 1. The number of carbonyl (C=O) groups excluding carboxylic acids is 1. The Morgan fingerprint density at radius 2 is 2.30 bits per heavy atom. The average molecular weight is 374 g/mol. The van der Waals surface area contributed by atoms with Gasteiger partial charge in [-0.1, -0.05) is 11.2 Å². The van der Waals surface area contributed by atoms with Crippen LogP contribution in [0, 0.1) is 0 Å². The highest BCUT2D eigenvalue weighted by molar-refractivity contribution is 5.74. The van der Waals surface area contributed by atoms with Crippen LogP contribution in [0.1, 0.15) is 41.8 Å². The topological polar surface area (TPSA) is 110 Å². The first kappa shape index (κ1) is 17.7. The van der Waals surface area contributed by atoms with Crippen molar-refractivity contribution < 1.29 is 23.9 Å². The molecule has 1 atom stereocenters. The van der Waals surface area contributed by atoms with Gasteiger partial charge in [0.15, 0.2) is 5.82 Å². The maximum absolute atomic E-state index is 12.6. The van der Waals surface area contributed by atoms with E-state index in [1.165, 1.54) is 0 Å². The zero-order valence-electron chi connectivity index (χ0n) is 14.9. The standard InChI is InChI=1S/C18H22N4O5/c23-11-12-3-4-14-13(8-12)10-22(5-7-26-14)18(24)19-9-16-20-17(27-21-16)15-2-1-6-25-15/h3-4,8,15,23H,1-2,5-7,9-11H2,(H,19,24). The summed E-state index contributed by atoms with van der Waals surface area (Å²) in [5, 5.41) is 16.0. The quantitative estimate of drug-likeness (QED) is 0.835. The minimum absolute atomic E-state index is 0.0512. The van der Waals surface area contributed by atoms with Crippen LogP contribution in [0.15, 0.2) is 22.7 Å². The molecule has 0 radical (unpaired) electrons. The summed E-state index contributed by atoms with van der Waals surface area (Å²) in [5.74, 6) is 1.62. The molecule has 3 heterocycles. The predicted octanol–water partition coefficient (Wildman–Crippen LogP) is 1.52. The predicted molar refractivity (Wildman–Crippen MR) is 92.7 cm³/mol. The van der Waals surface area contributed by atoms with Crippen molar-refractivity contribution in [2.45, 2.75) is 38.6 Å². The number of hydrogen-bond donors (Lipinski definition) is 2. The Labute approximate surface area is 156 Å². The number of aliphatic hydroxyl groups is 1. The third kappa shape index (κ3) is 4.04. The zero-order chi connectivity index (χ0) is 18.6. The number of hydrogen-bond acceptors (Lipinski definition) is 7. The van der Waals surface area contributed by atoms with E-state index in [4.69, 9.17) is 14.0 Å². The fraction of sp³-hybridized carbons (Fsp3) is 0.500. The molecule has 0 bridgehead atoms. The van der Waals surface area contributed by atoms with Crippen LogP contribution < -0.4 is 10.1 Å². The normalized spacial score (nSPS) is 19.3. The van der Waals surface area contributed by atoms with Crippen molar-refractivity contribution in [3.63, 3.8) is 0 Å². The second-order valence-corrected chi connectivity index (χ2v) is 6.58. The van der Waals surface area contributed by atoms with E-state index in [1.807, 2.05) is 18.2 Å². The van der Waals surface area contributed by atoms with Crippen molar-refractivity contribution >= 4 is 6.03 Å². The van der Waals surface area contributed by atoms with E-state index in [0.29, 0.717) is 38.0 Å². The Balaban J connectivity index is 1.36. The van der Waals surface area contributed by atoms with E-state index in [9.17, 15) is 9.90 Å². The lowest BCUT2D eigenvalue weighted by Gasteiger charge is -2.20. The van der Waals surface area contributed by atoms with Gasteiger partial charge in [0.2, 0.25) is 0 Å². The fourth-order valence-corrected chi connectivity index (χ4v) is 3.23. The molecule has 27 heavy (non-hydrogen) atoms. The number of fused-ring (bicyclic) bond motifs is 1. The minimum atomic E-state index is -0.232. The molecule has 144 valence electrons. The monoisotopic (exact) mass is 374 g/mol. The fourth-order valence-electron chi connectivity index (χ4n) is 3.23.